The predicted molar refractivity (Wildman–Crippen MR) is 208 cm³/mol. The zero-order valence-electron chi connectivity index (χ0n) is 34.3. The number of nitrogens with two attached hydrogens (primary N) is 1. The van der Waals surface area contributed by atoms with E-state index in [9.17, 15) is 24.0 Å². The number of esters is 1. The van der Waals surface area contributed by atoms with Gasteiger partial charge in [-0.15, -0.1) is 0 Å². The molecule has 4 N–H and O–H groups in total. The number of ether oxygens (including phenoxy) is 5. The molecule has 0 aliphatic rings. The van der Waals surface area contributed by atoms with E-state index in [1.165, 1.54) is 0 Å². The Morgan fingerprint density at radius 1 is 0.709 bits per heavy atom. The molecule has 0 heterocycles. The molecule has 0 fully saturated rings. The van der Waals surface area contributed by atoms with Crippen molar-refractivity contribution in [3.05, 3.63) is 66.2 Å². The zero-order valence-corrected chi connectivity index (χ0v) is 34.3. The minimum Gasteiger partial charge on any atom is -0.445 e. The van der Waals surface area contributed by atoms with Crippen LogP contribution in [0.2, 0.25) is 0 Å². The molecule has 0 radical (unpaired) electrons. The van der Waals surface area contributed by atoms with Crippen LogP contribution in [0.5, 0.6) is 5.75 Å². The van der Waals surface area contributed by atoms with Crippen LogP contribution in [0.3, 0.4) is 0 Å². The lowest BCUT2D eigenvalue weighted by molar-refractivity contribution is -0.154. The van der Waals surface area contributed by atoms with Gasteiger partial charge in [0.25, 0.3) is 5.91 Å². The summed E-state index contributed by atoms with van der Waals surface area (Å²) in [5, 5.41) is 5.29. The highest BCUT2D eigenvalue weighted by Crippen LogP contribution is 2.23. The average Bonchev–Trinajstić information content (AvgIpc) is 3.06. The van der Waals surface area contributed by atoms with Gasteiger partial charge in [0.1, 0.15) is 36.1 Å². The molecule has 0 saturated carbocycles. The van der Waals surface area contributed by atoms with Gasteiger partial charge in [0.2, 0.25) is 5.91 Å². The van der Waals surface area contributed by atoms with E-state index in [-0.39, 0.29) is 18.8 Å². The van der Waals surface area contributed by atoms with Gasteiger partial charge in [0.15, 0.2) is 0 Å². The molecule has 2 aromatic carbocycles. The first-order chi connectivity index (χ1) is 25.5. The van der Waals surface area contributed by atoms with Crippen LogP contribution in [0.4, 0.5) is 9.59 Å². The van der Waals surface area contributed by atoms with E-state index in [1.54, 1.807) is 131 Å². The molecule has 306 valence electrons. The quantitative estimate of drug-likeness (QED) is 0.0968. The van der Waals surface area contributed by atoms with Crippen molar-refractivity contribution in [2.45, 2.75) is 149 Å². The maximum atomic E-state index is 14.9. The number of alkyl carbamates (subject to hydrolysis) is 1. The first kappa shape index (κ1) is 46.6. The Morgan fingerprint density at radius 2 is 1.24 bits per heavy atom. The molecule has 14 heteroatoms. The summed E-state index contributed by atoms with van der Waals surface area (Å²) in [5.74, 6) is -2.54. The largest absolute Gasteiger partial charge is 0.445 e. The second-order valence-electron chi connectivity index (χ2n) is 16.3. The molecule has 0 spiro atoms. The van der Waals surface area contributed by atoms with Crippen molar-refractivity contribution in [1.29, 1.82) is 0 Å². The van der Waals surface area contributed by atoms with Crippen molar-refractivity contribution in [3.8, 4) is 5.75 Å². The van der Waals surface area contributed by atoms with Crippen LogP contribution in [0.25, 0.3) is 0 Å². The second-order valence-corrected chi connectivity index (χ2v) is 16.3. The fourth-order valence-electron chi connectivity index (χ4n) is 5.50. The van der Waals surface area contributed by atoms with Crippen LogP contribution in [0, 0.1) is 0 Å². The van der Waals surface area contributed by atoms with E-state index < -0.39 is 77.1 Å². The molecule has 2 aromatic rings. The molecular weight excluding hydrogens is 708 g/mol. The Morgan fingerprint density at radius 3 is 1.75 bits per heavy atom. The number of nitrogens with zero attached hydrogens (tertiary/aromatic N) is 1. The summed E-state index contributed by atoms with van der Waals surface area (Å²) >= 11 is 0. The first-order valence-electron chi connectivity index (χ1n) is 18.7. The van der Waals surface area contributed by atoms with Crippen molar-refractivity contribution in [3.63, 3.8) is 0 Å². The van der Waals surface area contributed by atoms with E-state index in [1.807, 2.05) is 6.07 Å². The Bertz CT molecular complexity index is 1530. The van der Waals surface area contributed by atoms with Gasteiger partial charge in [-0.25, -0.2) is 19.3 Å². The SMILES string of the molecule is C[C@@H](OC(C)(C)C)[C@H](NC(=O)OCc1ccccc1)C(=O)N[C@H](C(=O)N(C(=O)OC(C)(C)C)[C@@H](CCCCN)C(=O)Oc1ccccc1)[C@@H](C)OC(C)(C)C. The molecule has 55 heavy (non-hydrogen) atoms. The summed E-state index contributed by atoms with van der Waals surface area (Å²) in [4.78, 5) is 71.1. The number of unbranched alkanes of at least 4 members (excludes halogenated alkanes) is 1. The van der Waals surface area contributed by atoms with Crippen molar-refractivity contribution in [1.82, 2.24) is 15.5 Å². The van der Waals surface area contributed by atoms with Gasteiger partial charge in [-0.05, 0) is 120 Å². The fourth-order valence-corrected chi connectivity index (χ4v) is 5.50. The normalized spacial score (nSPS) is 14.7. The maximum absolute atomic E-state index is 14.9. The number of benzene rings is 2. The lowest BCUT2D eigenvalue weighted by Gasteiger charge is -2.37. The molecule has 14 nitrogen and oxygen atoms in total. The second kappa shape index (κ2) is 21.0. The van der Waals surface area contributed by atoms with Gasteiger partial charge in [0.05, 0.1) is 23.4 Å². The van der Waals surface area contributed by atoms with E-state index in [2.05, 4.69) is 10.6 Å². The van der Waals surface area contributed by atoms with Gasteiger partial charge in [-0.1, -0.05) is 48.5 Å². The standard InChI is InChI=1S/C41H62N4O10/c1-27(53-39(3,4)5)32(44-37(49)51-26-29-20-14-12-15-21-29)34(46)43-33(28(2)54-40(6,7)8)35(47)45(38(50)55-41(9,10)11)31(24-18-19-25-42)36(48)52-30-22-16-13-17-23-30/h12-17,20-23,27-28,31-33H,18-19,24-26,42H2,1-11H3,(H,43,46)(H,44,49)/t27-,28-,31+,32+,33+/m1/s1. The molecule has 0 aliphatic carbocycles. The number of carbonyl (C=O) groups is 5. The Labute approximate surface area is 326 Å². The van der Waals surface area contributed by atoms with Crippen LogP contribution in [-0.4, -0.2) is 88.6 Å². The van der Waals surface area contributed by atoms with E-state index >= 15 is 0 Å². The Hall–Kier alpha value is -4.53. The third kappa shape index (κ3) is 17.2. The van der Waals surface area contributed by atoms with Gasteiger partial charge >= 0.3 is 18.2 Å². The van der Waals surface area contributed by atoms with Crippen molar-refractivity contribution >= 4 is 30.0 Å². The molecule has 4 amide bonds. The van der Waals surface area contributed by atoms with E-state index in [0.717, 1.165) is 5.56 Å². The third-order valence-electron chi connectivity index (χ3n) is 7.65. The number of rotatable bonds is 17. The van der Waals surface area contributed by atoms with Crippen molar-refractivity contribution in [2.75, 3.05) is 6.54 Å². The lowest BCUT2D eigenvalue weighted by atomic mass is 10.0. The summed E-state index contributed by atoms with van der Waals surface area (Å²) < 4.78 is 29.0. The van der Waals surface area contributed by atoms with Crippen LogP contribution in [0.1, 0.15) is 101 Å². The molecule has 0 saturated heterocycles. The molecule has 0 bridgehead atoms. The summed E-state index contributed by atoms with van der Waals surface area (Å²) in [6.07, 6.45) is -3.25. The molecule has 0 aliphatic heterocycles. The fraction of sp³-hybridized carbons (Fsp3) is 0.585. The van der Waals surface area contributed by atoms with Crippen molar-refractivity contribution < 1.29 is 47.7 Å². The van der Waals surface area contributed by atoms with Gasteiger partial charge in [-0.2, -0.15) is 0 Å². The number of hydrogen-bond acceptors (Lipinski definition) is 11. The van der Waals surface area contributed by atoms with Crippen LogP contribution < -0.4 is 21.1 Å². The van der Waals surface area contributed by atoms with E-state index in [4.69, 9.17) is 29.4 Å². The molecule has 2 rings (SSSR count). The lowest BCUT2D eigenvalue weighted by Crippen LogP contribution is -2.64. The Balaban J connectivity index is 2.64. The van der Waals surface area contributed by atoms with Crippen LogP contribution in [-0.2, 0) is 39.9 Å². The van der Waals surface area contributed by atoms with E-state index in [0.29, 0.717) is 24.3 Å². The minimum atomic E-state index is -1.59. The highest BCUT2D eigenvalue weighted by Gasteiger charge is 2.45. The first-order valence-corrected chi connectivity index (χ1v) is 18.7. The van der Waals surface area contributed by atoms with Gasteiger partial charge < -0.3 is 40.1 Å². The van der Waals surface area contributed by atoms with Crippen LogP contribution in [0.15, 0.2) is 60.7 Å². The number of hydrogen-bond donors (Lipinski definition) is 3. The predicted octanol–water partition coefficient (Wildman–Crippen LogP) is 6.04. The van der Waals surface area contributed by atoms with Crippen LogP contribution >= 0.6 is 0 Å². The average molecular weight is 771 g/mol. The topological polar surface area (TPSA) is 185 Å². The molecule has 0 aromatic heterocycles. The van der Waals surface area contributed by atoms with Gasteiger partial charge in [-0.3, -0.25) is 9.59 Å². The van der Waals surface area contributed by atoms with Gasteiger partial charge in [0, 0.05) is 0 Å². The Kier molecular flexibility index (Phi) is 17.8. The molecule has 5 atom stereocenters. The summed E-state index contributed by atoms with van der Waals surface area (Å²) in [6.45, 7) is 18.9. The number of para-hydroxylation sites is 1. The molecular formula is C41H62N4O10. The summed E-state index contributed by atoms with van der Waals surface area (Å²) in [6, 6.07) is 12.7. The third-order valence-corrected chi connectivity index (χ3v) is 7.65. The summed E-state index contributed by atoms with van der Waals surface area (Å²) in [5.41, 5.74) is 3.85. The number of imide groups is 1. The minimum absolute atomic E-state index is 0.0169. The van der Waals surface area contributed by atoms with Crippen molar-refractivity contribution in [2.24, 2.45) is 5.73 Å². The number of nitrogens with one attached hydrogen (secondary N) is 2. The number of carbonyl (C=O) groups excluding carboxylic acids is 5. The highest BCUT2D eigenvalue weighted by atomic mass is 16.6. The maximum Gasteiger partial charge on any atom is 0.417 e. The number of amides is 4. The monoisotopic (exact) mass is 770 g/mol. The zero-order chi connectivity index (χ0) is 41.6. The smallest absolute Gasteiger partial charge is 0.417 e. The summed E-state index contributed by atoms with van der Waals surface area (Å²) in [7, 11) is 0. The highest BCUT2D eigenvalue weighted by molar-refractivity contribution is 6.01. The molecule has 0 unspecified atom stereocenters.